The molecule has 11 heteroatoms. The first-order valence-electron chi connectivity index (χ1n) is 12.1. The molecule has 0 aliphatic rings. The zero-order chi connectivity index (χ0) is 27.8. The van der Waals surface area contributed by atoms with Crippen molar-refractivity contribution in [3.05, 3.63) is 114 Å². The van der Waals surface area contributed by atoms with Crippen LogP contribution in [-0.2, 0) is 12.6 Å². The van der Waals surface area contributed by atoms with E-state index in [-0.39, 0.29) is 18.9 Å². The predicted octanol–water partition coefficient (Wildman–Crippen LogP) is 3.69. The van der Waals surface area contributed by atoms with E-state index in [4.69, 9.17) is 5.73 Å². The van der Waals surface area contributed by atoms with E-state index in [9.17, 15) is 19.8 Å². The number of hydrogen-bond donors (Lipinski definition) is 5. The van der Waals surface area contributed by atoms with Crippen molar-refractivity contribution in [3.63, 3.8) is 0 Å². The van der Waals surface area contributed by atoms with Crippen LogP contribution in [0.25, 0.3) is 0 Å². The molecule has 200 valence electrons. The fourth-order valence-corrected chi connectivity index (χ4v) is 4.55. The van der Waals surface area contributed by atoms with E-state index >= 15 is 0 Å². The molecule has 0 aliphatic heterocycles. The number of nitrogens with one attached hydrogen (secondary N) is 2. The molecule has 4 aromatic rings. The van der Waals surface area contributed by atoms with Gasteiger partial charge in [0, 0.05) is 20.1 Å². The summed E-state index contributed by atoms with van der Waals surface area (Å²) < 4.78 is 1.40. The summed E-state index contributed by atoms with van der Waals surface area (Å²) in [7, 11) is 1.62. The number of carbonyl (C=O) groups is 2. The van der Waals surface area contributed by atoms with E-state index < -0.39 is 23.7 Å². The number of guanidine groups is 1. The second-order valence-corrected chi connectivity index (χ2v) is 8.61. The molecular formula is C28H29N7O4. The zero-order valence-corrected chi connectivity index (χ0v) is 21.2. The normalized spacial score (nSPS) is 11.7. The van der Waals surface area contributed by atoms with Crippen molar-refractivity contribution in [3.8, 4) is 0 Å². The SMILES string of the molecule is Cn1ncc(N(CCNC(c2ccccc2)(c2ccccc2)c2ccccc2)C(=NC(=O)O)NC(=O)O)c1N. The summed E-state index contributed by atoms with van der Waals surface area (Å²) in [4.78, 5) is 27.9. The molecular weight excluding hydrogens is 498 g/mol. The molecule has 39 heavy (non-hydrogen) atoms. The maximum absolute atomic E-state index is 11.5. The van der Waals surface area contributed by atoms with Crippen molar-refractivity contribution in [2.24, 2.45) is 12.0 Å². The minimum atomic E-state index is -1.56. The van der Waals surface area contributed by atoms with Crippen LogP contribution in [0.1, 0.15) is 16.7 Å². The fraction of sp³-hybridized carbons (Fsp3) is 0.143. The van der Waals surface area contributed by atoms with Crippen LogP contribution in [-0.4, -0.2) is 51.2 Å². The summed E-state index contributed by atoms with van der Waals surface area (Å²) in [5, 5.41) is 28.6. The molecule has 0 bridgehead atoms. The van der Waals surface area contributed by atoms with Gasteiger partial charge in [-0.2, -0.15) is 5.10 Å². The molecule has 0 unspecified atom stereocenters. The Kier molecular flexibility index (Phi) is 8.22. The van der Waals surface area contributed by atoms with Crippen LogP contribution in [0.2, 0.25) is 0 Å². The Morgan fingerprint density at radius 1 is 0.923 bits per heavy atom. The fourth-order valence-electron chi connectivity index (χ4n) is 4.55. The summed E-state index contributed by atoms with van der Waals surface area (Å²) in [6, 6.07) is 29.9. The van der Waals surface area contributed by atoms with E-state index in [2.05, 4.69) is 20.7 Å². The van der Waals surface area contributed by atoms with Gasteiger partial charge in [-0.25, -0.2) is 9.59 Å². The average Bonchev–Trinajstić information content (AvgIpc) is 3.27. The summed E-state index contributed by atoms with van der Waals surface area (Å²) >= 11 is 0. The molecule has 0 radical (unpaired) electrons. The van der Waals surface area contributed by atoms with Crippen LogP contribution in [0, 0.1) is 0 Å². The van der Waals surface area contributed by atoms with E-state index in [0.29, 0.717) is 5.69 Å². The van der Waals surface area contributed by atoms with Crippen molar-refractivity contribution < 1.29 is 19.8 Å². The van der Waals surface area contributed by atoms with Gasteiger partial charge in [0.2, 0.25) is 5.96 Å². The number of aromatic nitrogens is 2. The molecule has 0 spiro atoms. The van der Waals surface area contributed by atoms with Gasteiger partial charge >= 0.3 is 12.2 Å². The van der Waals surface area contributed by atoms with Gasteiger partial charge in [-0.3, -0.25) is 15.3 Å². The second kappa shape index (κ2) is 11.9. The van der Waals surface area contributed by atoms with Gasteiger partial charge in [0.15, 0.2) is 0 Å². The molecule has 0 atom stereocenters. The lowest BCUT2D eigenvalue weighted by Gasteiger charge is -2.38. The Morgan fingerprint density at radius 2 is 1.41 bits per heavy atom. The molecule has 6 N–H and O–H groups in total. The lowest BCUT2D eigenvalue weighted by molar-refractivity contribution is 0.200. The summed E-state index contributed by atoms with van der Waals surface area (Å²) in [6.07, 6.45) is -1.61. The Labute approximate surface area is 225 Å². The molecule has 2 amide bonds. The highest BCUT2D eigenvalue weighted by Crippen LogP contribution is 2.36. The van der Waals surface area contributed by atoms with Crippen LogP contribution >= 0.6 is 0 Å². The number of nitrogens with two attached hydrogens (primary N) is 1. The number of nitrogens with zero attached hydrogens (tertiary/aromatic N) is 4. The van der Waals surface area contributed by atoms with Crippen LogP contribution < -0.4 is 21.3 Å². The van der Waals surface area contributed by atoms with Gasteiger partial charge in [-0.15, -0.1) is 4.99 Å². The minimum Gasteiger partial charge on any atom is -0.465 e. The first-order chi connectivity index (χ1) is 18.8. The monoisotopic (exact) mass is 527 g/mol. The molecule has 11 nitrogen and oxygen atoms in total. The largest absolute Gasteiger partial charge is 0.465 e. The zero-order valence-electron chi connectivity index (χ0n) is 21.2. The van der Waals surface area contributed by atoms with E-state index in [1.54, 1.807) is 7.05 Å². The third-order valence-corrected chi connectivity index (χ3v) is 6.28. The van der Waals surface area contributed by atoms with Crippen molar-refractivity contribution >= 4 is 29.7 Å². The molecule has 0 saturated heterocycles. The van der Waals surface area contributed by atoms with Crippen molar-refractivity contribution in [2.75, 3.05) is 23.7 Å². The quantitative estimate of drug-likeness (QED) is 0.132. The predicted molar refractivity (Wildman–Crippen MR) is 149 cm³/mol. The topological polar surface area (TPSA) is 158 Å². The molecule has 1 aromatic heterocycles. The maximum Gasteiger partial charge on any atom is 0.434 e. The number of aliphatic imine (C=N–C) groups is 1. The van der Waals surface area contributed by atoms with Crippen LogP contribution in [0.4, 0.5) is 21.1 Å². The maximum atomic E-state index is 11.5. The number of carboxylic acid groups (broad SMARTS) is 2. The molecule has 0 fully saturated rings. The molecule has 1 heterocycles. The Hall–Kier alpha value is -5.16. The standard InChI is InChI=1S/C28H29N7O4/c1-34-24(29)23(19-31-34)35(25(32-26(36)37)33-27(38)39)18-17-30-28(20-11-5-2-6-12-20,21-13-7-3-8-14-21)22-15-9-4-10-16-22/h2-16,19,30H,17-18,29H2,1H3,(H,32,33)(H,36,37)(H,38,39). The average molecular weight is 528 g/mol. The lowest BCUT2D eigenvalue weighted by Crippen LogP contribution is -2.51. The van der Waals surface area contributed by atoms with Gasteiger partial charge in [-0.05, 0) is 16.7 Å². The Bertz CT molecular complexity index is 1340. The number of hydrogen-bond acceptors (Lipinski definition) is 5. The Balaban J connectivity index is 1.79. The summed E-state index contributed by atoms with van der Waals surface area (Å²) in [5.74, 6) is -0.207. The minimum absolute atomic E-state index is 0.0938. The van der Waals surface area contributed by atoms with Crippen molar-refractivity contribution in [2.45, 2.75) is 5.54 Å². The number of anilines is 2. The first-order valence-corrected chi connectivity index (χ1v) is 12.1. The first kappa shape index (κ1) is 26.9. The lowest BCUT2D eigenvalue weighted by atomic mass is 9.77. The molecule has 3 aromatic carbocycles. The van der Waals surface area contributed by atoms with Gasteiger partial charge in [-0.1, -0.05) is 91.0 Å². The number of aryl methyl sites for hydroxylation is 1. The van der Waals surface area contributed by atoms with Gasteiger partial charge in [0.1, 0.15) is 11.5 Å². The summed E-state index contributed by atoms with van der Waals surface area (Å²) in [5.41, 5.74) is 8.66. The number of amides is 2. The van der Waals surface area contributed by atoms with E-state index in [1.165, 1.54) is 15.8 Å². The van der Waals surface area contributed by atoms with Crippen molar-refractivity contribution in [1.82, 2.24) is 20.4 Å². The van der Waals surface area contributed by atoms with Crippen LogP contribution in [0.3, 0.4) is 0 Å². The molecule has 4 rings (SSSR count). The second-order valence-electron chi connectivity index (χ2n) is 8.61. The number of benzene rings is 3. The number of rotatable bonds is 8. The van der Waals surface area contributed by atoms with E-state index in [1.807, 2.05) is 91.0 Å². The van der Waals surface area contributed by atoms with E-state index in [0.717, 1.165) is 16.7 Å². The Morgan fingerprint density at radius 3 is 1.79 bits per heavy atom. The highest BCUT2D eigenvalue weighted by molar-refractivity contribution is 6.08. The highest BCUT2D eigenvalue weighted by Gasteiger charge is 2.36. The van der Waals surface area contributed by atoms with Crippen LogP contribution in [0.5, 0.6) is 0 Å². The van der Waals surface area contributed by atoms with Crippen LogP contribution in [0.15, 0.2) is 102 Å². The smallest absolute Gasteiger partial charge is 0.434 e. The van der Waals surface area contributed by atoms with Gasteiger partial charge in [0.05, 0.1) is 11.7 Å². The third-order valence-electron chi connectivity index (χ3n) is 6.28. The van der Waals surface area contributed by atoms with Gasteiger partial charge < -0.3 is 20.8 Å². The highest BCUT2D eigenvalue weighted by atomic mass is 16.4. The molecule has 0 aliphatic carbocycles. The van der Waals surface area contributed by atoms with Gasteiger partial charge in [0.25, 0.3) is 0 Å². The third kappa shape index (κ3) is 5.89. The molecule has 0 saturated carbocycles. The van der Waals surface area contributed by atoms with Crippen molar-refractivity contribution in [1.29, 1.82) is 0 Å². The summed E-state index contributed by atoms with van der Waals surface area (Å²) in [6.45, 7) is 0.351. The number of nitrogen functional groups attached to an aromatic ring is 1.